The molecule has 19 heavy (non-hydrogen) atoms. The van der Waals surface area contributed by atoms with E-state index in [9.17, 15) is 5.11 Å². The van der Waals surface area contributed by atoms with Crippen LogP contribution in [-0.4, -0.2) is 5.11 Å². The summed E-state index contributed by atoms with van der Waals surface area (Å²) in [4.78, 5) is 0. The van der Waals surface area contributed by atoms with Crippen molar-refractivity contribution in [2.45, 2.75) is 13.8 Å². The van der Waals surface area contributed by atoms with Crippen LogP contribution in [0.15, 0.2) is 54.6 Å². The first kappa shape index (κ1) is 11.8. The lowest BCUT2D eigenvalue weighted by atomic mass is 9.95. The van der Waals surface area contributed by atoms with Gasteiger partial charge in [0, 0.05) is 0 Å². The molecule has 1 nitrogen and oxygen atoms in total. The minimum absolute atomic E-state index is 0.393. The molecular formula is C18H16O. The number of phenols is 1. The lowest BCUT2D eigenvalue weighted by molar-refractivity contribution is 0.467. The summed E-state index contributed by atoms with van der Waals surface area (Å²) in [5.41, 5.74) is 4.21. The highest BCUT2D eigenvalue weighted by molar-refractivity contribution is 5.96. The van der Waals surface area contributed by atoms with Gasteiger partial charge in [-0.15, -0.1) is 0 Å². The Morgan fingerprint density at radius 3 is 2.16 bits per heavy atom. The van der Waals surface area contributed by atoms with Crippen LogP contribution in [0.2, 0.25) is 0 Å². The number of aryl methyl sites for hydroxylation is 2. The monoisotopic (exact) mass is 248 g/mol. The van der Waals surface area contributed by atoms with Gasteiger partial charge in [0.25, 0.3) is 0 Å². The molecule has 0 aliphatic rings. The van der Waals surface area contributed by atoms with Gasteiger partial charge in [-0.3, -0.25) is 0 Å². The molecule has 3 rings (SSSR count). The summed E-state index contributed by atoms with van der Waals surface area (Å²) in [6.07, 6.45) is 0. The van der Waals surface area contributed by atoms with E-state index < -0.39 is 0 Å². The molecule has 0 aliphatic heterocycles. The predicted octanol–water partition coefficient (Wildman–Crippen LogP) is 4.83. The molecule has 0 heterocycles. The second-order valence-electron chi connectivity index (χ2n) is 4.99. The Bertz CT molecular complexity index is 728. The van der Waals surface area contributed by atoms with Crippen molar-refractivity contribution < 1.29 is 5.11 Å². The fourth-order valence-corrected chi connectivity index (χ4v) is 2.59. The van der Waals surface area contributed by atoms with Crippen LogP contribution in [0.3, 0.4) is 0 Å². The van der Waals surface area contributed by atoms with Gasteiger partial charge in [0.15, 0.2) is 0 Å². The Morgan fingerprint density at radius 1 is 0.789 bits per heavy atom. The first-order chi connectivity index (χ1) is 9.16. The van der Waals surface area contributed by atoms with Gasteiger partial charge in [-0.1, -0.05) is 42.5 Å². The SMILES string of the molecule is Cc1cc(-c2cccc3ccccc23)cc(C)c1O. The topological polar surface area (TPSA) is 20.2 Å². The van der Waals surface area contributed by atoms with E-state index in [1.165, 1.54) is 16.3 Å². The number of aromatic hydroxyl groups is 1. The van der Waals surface area contributed by atoms with Gasteiger partial charge in [-0.05, 0) is 59.0 Å². The van der Waals surface area contributed by atoms with Crippen LogP contribution in [0, 0.1) is 13.8 Å². The van der Waals surface area contributed by atoms with Crippen molar-refractivity contribution in [2.75, 3.05) is 0 Å². The van der Waals surface area contributed by atoms with Crippen LogP contribution in [0.1, 0.15) is 11.1 Å². The molecular weight excluding hydrogens is 232 g/mol. The van der Waals surface area contributed by atoms with Gasteiger partial charge in [-0.2, -0.15) is 0 Å². The number of hydrogen-bond acceptors (Lipinski definition) is 1. The normalized spacial score (nSPS) is 10.8. The number of benzene rings is 3. The summed E-state index contributed by atoms with van der Waals surface area (Å²) in [5, 5.41) is 12.4. The minimum atomic E-state index is 0.393. The number of phenolic OH excluding ortho intramolecular Hbond substituents is 1. The molecule has 94 valence electrons. The van der Waals surface area contributed by atoms with Crippen molar-refractivity contribution in [1.29, 1.82) is 0 Å². The molecule has 0 aliphatic carbocycles. The lowest BCUT2D eigenvalue weighted by Crippen LogP contribution is -1.86. The molecule has 0 radical (unpaired) electrons. The number of fused-ring (bicyclic) bond motifs is 1. The molecule has 0 aromatic heterocycles. The van der Waals surface area contributed by atoms with Gasteiger partial charge in [0.2, 0.25) is 0 Å². The Kier molecular flexibility index (Phi) is 2.75. The zero-order valence-electron chi connectivity index (χ0n) is 11.1. The van der Waals surface area contributed by atoms with Crippen LogP contribution < -0.4 is 0 Å². The average molecular weight is 248 g/mol. The van der Waals surface area contributed by atoms with Crippen LogP contribution >= 0.6 is 0 Å². The zero-order valence-corrected chi connectivity index (χ0v) is 11.1. The highest BCUT2D eigenvalue weighted by Gasteiger charge is 2.07. The molecule has 0 atom stereocenters. The summed E-state index contributed by atoms with van der Waals surface area (Å²) in [6, 6.07) is 18.8. The zero-order chi connectivity index (χ0) is 13.4. The molecule has 0 unspecified atom stereocenters. The first-order valence-corrected chi connectivity index (χ1v) is 6.45. The third-order valence-electron chi connectivity index (χ3n) is 3.59. The third-order valence-corrected chi connectivity index (χ3v) is 3.59. The fourth-order valence-electron chi connectivity index (χ4n) is 2.59. The van der Waals surface area contributed by atoms with E-state index in [0.29, 0.717) is 5.75 Å². The maximum absolute atomic E-state index is 9.89. The molecule has 3 aromatic carbocycles. The van der Waals surface area contributed by atoms with E-state index in [4.69, 9.17) is 0 Å². The summed E-state index contributed by atoms with van der Waals surface area (Å²) in [5.74, 6) is 0.393. The summed E-state index contributed by atoms with van der Waals surface area (Å²) < 4.78 is 0. The Balaban J connectivity index is 2.31. The summed E-state index contributed by atoms with van der Waals surface area (Å²) in [6.45, 7) is 3.88. The second kappa shape index (κ2) is 4.43. The molecule has 0 bridgehead atoms. The number of rotatable bonds is 1. The van der Waals surface area contributed by atoms with Gasteiger partial charge in [0.05, 0.1) is 0 Å². The van der Waals surface area contributed by atoms with Gasteiger partial charge < -0.3 is 5.11 Å². The van der Waals surface area contributed by atoms with Crippen molar-refractivity contribution in [3.63, 3.8) is 0 Å². The fraction of sp³-hybridized carbons (Fsp3) is 0.111. The standard InChI is InChI=1S/C18H16O/c1-12-10-15(11-13(2)18(12)19)17-9-5-7-14-6-3-4-8-16(14)17/h3-11,19H,1-2H3. The Hall–Kier alpha value is -2.28. The third kappa shape index (κ3) is 1.97. The van der Waals surface area contributed by atoms with Crippen LogP contribution in [-0.2, 0) is 0 Å². The van der Waals surface area contributed by atoms with Crippen LogP contribution in [0.4, 0.5) is 0 Å². The van der Waals surface area contributed by atoms with E-state index in [0.717, 1.165) is 16.7 Å². The summed E-state index contributed by atoms with van der Waals surface area (Å²) >= 11 is 0. The maximum atomic E-state index is 9.89. The van der Waals surface area contributed by atoms with Crippen molar-refractivity contribution in [1.82, 2.24) is 0 Å². The molecule has 0 saturated heterocycles. The van der Waals surface area contributed by atoms with Gasteiger partial charge >= 0.3 is 0 Å². The van der Waals surface area contributed by atoms with Gasteiger partial charge in [-0.25, -0.2) is 0 Å². The Labute approximate surface area is 113 Å². The minimum Gasteiger partial charge on any atom is -0.507 e. The van der Waals surface area contributed by atoms with E-state index in [2.05, 4.69) is 42.5 Å². The lowest BCUT2D eigenvalue weighted by Gasteiger charge is -2.10. The second-order valence-corrected chi connectivity index (χ2v) is 4.99. The maximum Gasteiger partial charge on any atom is 0.121 e. The van der Waals surface area contributed by atoms with Crippen molar-refractivity contribution in [3.05, 3.63) is 65.7 Å². The Morgan fingerprint density at radius 2 is 1.42 bits per heavy atom. The molecule has 1 heteroatoms. The molecule has 1 N–H and O–H groups in total. The quantitative estimate of drug-likeness (QED) is 0.654. The molecule has 0 spiro atoms. The van der Waals surface area contributed by atoms with Crippen LogP contribution in [0.25, 0.3) is 21.9 Å². The average Bonchev–Trinajstić information content (AvgIpc) is 2.43. The van der Waals surface area contributed by atoms with E-state index in [1.54, 1.807) is 0 Å². The summed E-state index contributed by atoms with van der Waals surface area (Å²) in [7, 11) is 0. The highest BCUT2D eigenvalue weighted by Crippen LogP contribution is 2.33. The van der Waals surface area contributed by atoms with E-state index in [1.807, 2.05) is 26.0 Å². The largest absolute Gasteiger partial charge is 0.507 e. The molecule has 0 saturated carbocycles. The van der Waals surface area contributed by atoms with Crippen molar-refractivity contribution in [3.8, 4) is 16.9 Å². The van der Waals surface area contributed by atoms with Crippen molar-refractivity contribution >= 4 is 10.8 Å². The number of hydrogen-bond donors (Lipinski definition) is 1. The van der Waals surface area contributed by atoms with E-state index >= 15 is 0 Å². The molecule has 0 amide bonds. The van der Waals surface area contributed by atoms with Crippen molar-refractivity contribution in [2.24, 2.45) is 0 Å². The molecule has 3 aromatic rings. The first-order valence-electron chi connectivity index (χ1n) is 6.45. The van der Waals surface area contributed by atoms with Gasteiger partial charge in [0.1, 0.15) is 5.75 Å². The smallest absolute Gasteiger partial charge is 0.121 e. The highest BCUT2D eigenvalue weighted by atomic mass is 16.3. The predicted molar refractivity (Wildman–Crippen MR) is 80.5 cm³/mol. The van der Waals surface area contributed by atoms with Crippen LogP contribution in [0.5, 0.6) is 5.75 Å². The van der Waals surface area contributed by atoms with E-state index in [-0.39, 0.29) is 0 Å². The molecule has 0 fully saturated rings.